The lowest BCUT2D eigenvalue weighted by atomic mass is 9.89. The molecule has 0 unspecified atom stereocenters. The molecule has 2 aliphatic rings. The molecule has 32 heavy (non-hydrogen) atoms. The number of nitrogens with one attached hydrogen (secondary N) is 1. The minimum absolute atomic E-state index is 0.0374. The minimum Gasteiger partial charge on any atom is -0.324 e. The third kappa shape index (κ3) is 4.89. The molecule has 2 aromatic carbocycles. The predicted octanol–water partition coefficient (Wildman–Crippen LogP) is 5.90. The van der Waals surface area contributed by atoms with Crippen molar-refractivity contribution < 1.29 is 4.79 Å². The fourth-order valence-electron chi connectivity index (χ4n) is 4.88. The lowest BCUT2D eigenvalue weighted by Gasteiger charge is -2.32. The molecule has 3 heterocycles. The quantitative estimate of drug-likeness (QED) is 0.540. The summed E-state index contributed by atoms with van der Waals surface area (Å²) < 4.78 is 0. The van der Waals surface area contributed by atoms with Crippen molar-refractivity contribution in [3.8, 4) is 0 Å². The summed E-state index contributed by atoms with van der Waals surface area (Å²) in [5.41, 5.74) is 4.26. The van der Waals surface area contributed by atoms with Crippen LogP contribution in [0.3, 0.4) is 0 Å². The van der Waals surface area contributed by atoms with Crippen molar-refractivity contribution >= 4 is 34.2 Å². The number of benzene rings is 2. The van der Waals surface area contributed by atoms with Crippen LogP contribution in [-0.4, -0.2) is 47.0 Å². The highest BCUT2D eigenvalue weighted by atomic mass is 35.5. The van der Waals surface area contributed by atoms with Crippen molar-refractivity contribution in [2.45, 2.75) is 38.1 Å². The molecule has 166 valence electrons. The van der Waals surface area contributed by atoms with E-state index in [0.717, 1.165) is 54.1 Å². The first kappa shape index (κ1) is 21.2. The first-order chi connectivity index (χ1) is 15.6. The van der Waals surface area contributed by atoms with E-state index in [1.54, 1.807) is 0 Å². The third-order valence-electron chi connectivity index (χ3n) is 6.72. The maximum Gasteiger partial charge on any atom is 0.321 e. The number of aromatic nitrogens is 1. The molecule has 0 aliphatic carbocycles. The minimum atomic E-state index is -0.0374. The number of hydrogen-bond acceptors (Lipinski definition) is 3. The van der Waals surface area contributed by atoms with Gasteiger partial charge in [-0.3, -0.25) is 9.88 Å². The number of rotatable bonds is 4. The van der Waals surface area contributed by atoms with Crippen LogP contribution in [0.15, 0.2) is 54.7 Å². The van der Waals surface area contributed by atoms with Crippen LogP contribution >= 0.6 is 11.6 Å². The van der Waals surface area contributed by atoms with Gasteiger partial charge in [0.2, 0.25) is 0 Å². The normalized spacial score (nSPS) is 17.7. The van der Waals surface area contributed by atoms with E-state index in [0.29, 0.717) is 5.92 Å². The molecule has 5 rings (SSSR count). The van der Waals surface area contributed by atoms with E-state index in [-0.39, 0.29) is 6.03 Å². The molecule has 0 radical (unpaired) electrons. The number of anilines is 1. The Kier molecular flexibility index (Phi) is 6.28. The average Bonchev–Trinajstić information content (AvgIpc) is 3.33. The first-order valence-corrected chi connectivity index (χ1v) is 11.9. The molecule has 3 aromatic rings. The number of urea groups is 1. The zero-order valence-electron chi connectivity index (χ0n) is 18.3. The smallest absolute Gasteiger partial charge is 0.321 e. The van der Waals surface area contributed by atoms with Crippen molar-refractivity contribution in [1.29, 1.82) is 0 Å². The Morgan fingerprint density at radius 2 is 1.75 bits per heavy atom. The van der Waals surface area contributed by atoms with Gasteiger partial charge in [-0.05, 0) is 86.1 Å². The van der Waals surface area contributed by atoms with Gasteiger partial charge in [-0.25, -0.2) is 4.79 Å². The first-order valence-electron chi connectivity index (χ1n) is 11.6. The Morgan fingerprint density at radius 1 is 1.00 bits per heavy atom. The van der Waals surface area contributed by atoms with Crippen LogP contribution < -0.4 is 5.32 Å². The predicted molar refractivity (Wildman–Crippen MR) is 130 cm³/mol. The fourth-order valence-corrected chi connectivity index (χ4v) is 5.01. The molecule has 0 spiro atoms. The highest BCUT2D eigenvalue weighted by Gasteiger charge is 2.24. The summed E-state index contributed by atoms with van der Waals surface area (Å²) in [4.78, 5) is 21.8. The van der Waals surface area contributed by atoms with Gasteiger partial charge in [0, 0.05) is 41.9 Å². The second-order valence-electron chi connectivity index (χ2n) is 8.98. The summed E-state index contributed by atoms with van der Waals surface area (Å²) in [6.07, 6.45) is 6.49. The number of amides is 2. The molecule has 6 heteroatoms. The summed E-state index contributed by atoms with van der Waals surface area (Å²) >= 11 is 6.00. The molecule has 1 N–H and O–H groups in total. The van der Waals surface area contributed by atoms with E-state index in [1.165, 1.54) is 37.1 Å². The maximum atomic E-state index is 12.8. The molecular weight excluding hydrogens is 420 g/mol. The van der Waals surface area contributed by atoms with E-state index in [2.05, 4.69) is 39.5 Å². The molecule has 2 fully saturated rings. The second-order valence-corrected chi connectivity index (χ2v) is 9.41. The Hall–Kier alpha value is -2.63. The number of carbonyl (C=O) groups excluding carboxylic acids is 1. The Labute approximate surface area is 194 Å². The average molecular weight is 449 g/mol. The second kappa shape index (κ2) is 9.47. The number of hydrogen-bond donors (Lipinski definition) is 1. The largest absolute Gasteiger partial charge is 0.324 e. The van der Waals surface area contributed by atoms with Gasteiger partial charge in [-0.1, -0.05) is 29.8 Å². The van der Waals surface area contributed by atoms with Gasteiger partial charge in [0.25, 0.3) is 0 Å². The fraction of sp³-hybridized carbons (Fsp3) is 0.385. The van der Waals surface area contributed by atoms with Crippen molar-refractivity contribution in [2.24, 2.45) is 0 Å². The zero-order valence-corrected chi connectivity index (χ0v) is 19.0. The molecule has 1 aromatic heterocycles. The molecular formula is C26H29ClN4O. The number of halogens is 1. The van der Waals surface area contributed by atoms with Crippen LogP contribution in [0.1, 0.15) is 42.7 Å². The van der Waals surface area contributed by atoms with Crippen molar-refractivity contribution in [3.63, 3.8) is 0 Å². The van der Waals surface area contributed by atoms with Crippen LogP contribution in [0.5, 0.6) is 0 Å². The van der Waals surface area contributed by atoms with Gasteiger partial charge in [-0.2, -0.15) is 0 Å². The number of pyridine rings is 1. The van der Waals surface area contributed by atoms with Crippen LogP contribution in [0.25, 0.3) is 10.9 Å². The van der Waals surface area contributed by atoms with Gasteiger partial charge >= 0.3 is 6.03 Å². The maximum absolute atomic E-state index is 12.8. The Bertz CT molecular complexity index is 1090. The molecule has 0 saturated carbocycles. The van der Waals surface area contributed by atoms with Crippen LogP contribution in [0.2, 0.25) is 5.02 Å². The monoisotopic (exact) mass is 448 g/mol. The van der Waals surface area contributed by atoms with E-state index in [1.807, 2.05) is 35.4 Å². The molecule has 0 atom stereocenters. The van der Waals surface area contributed by atoms with Crippen LogP contribution in [0, 0.1) is 0 Å². The zero-order chi connectivity index (χ0) is 21.9. The summed E-state index contributed by atoms with van der Waals surface area (Å²) in [6.45, 7) is 4.84. The van der Waals surface area contributed by atoms with Gasteiger partial charge < -0.3 is 10.2 Å². The molecule has 2 amide bonds. The SMILES string of the molecule is O=C(Nc1ccc2cc(CN3CCCC3)cnc2c1)N1CCC(c2ccc(Cl)cc2)CC1. The molecule has 0 bridgehead atoms. The van der Waals surface area contributed by atoms with Crippen molar-refractivity contribution in [2.75, 3.05) is 31.5 Å². The molecule has 2 aliphatic heterocycles. The number of likely N-dealkylation sites (tertiary alicyclic amines) is 2. The summed E-state index contributed by atoms with van der Waals surface area (Å²) in [5.74, 6) is 0.482. The molecule has 2 saturated heterocycles. The van der Waals surface area contributed by atoms with Crippen molar-refractivity contribution in [1.82, 2.24) is 14.8 Å². The number of carbonyl (C=O) groups is 1. The topological polar surface area (TPSA) is 48.5 Å². The summed E-state index contributed by atoms with van der Waals surface area (Å²) in [7, 11) is 0. The number of piperidine rings is 1. The van der Waals surface area contributed by atoms with Crippen molar-refractivity contribution in [3.05, 3.63) is 70.9 Å². The third-order valence-corrected chi connectivity index (χ3v) is 6.97. The number of fused-ring (bicyclic) bond motifs is 1. The van der Waals surface area contributed by atoms with Gasteiger partial charge in [0.15, 0.2) is 0 Å². The van der Waals surface area contributed by atoms with E-state index < -0.39 is 0 Å². The Balaban J connectivity index is 1.18. The summed E-state index contributed by atoms with van der Waals surface area (Å²) in [5, 5.41) is 4.94. The van der Waals surface area contributed by atoms with Crippen LogP contribution in [0.4, 0.5) is 10.5 Å². The van der Waals surface area contributed by atoms with Gasteiger partial charge in [-0.15, -0.1) is 0 Å². The van der Waals surface area contributed by atoms with Crippen LogP contribution in [-0.2, 0) is 6.54 Å². The Morgan fingerprint density at radius 3 is 2.50 bits per heavy atom. The van der Waals surface area contributed by atoms with E-state index in [4.69, 9.17) is 11.6 Å². The highest BCUT2D eigenvalue weighted by Crippen LogP contribution is 2.29. The van der Waals surface area contributed by atoms with E-state index >= 15 is 0 Å². The highest BCUT2D eigenvalue weighted by molar-refractivity contribution is 6.30. The molecule has 5 nitrogen and oxygen atoms in total. The lowest BCUT2D eigenvalue weighted by Crippen LogP contribution is -2.40. The van der Waals surface area contributed by atoms with E-state index in [9.17, 15) is 4.79 Å². The van der Waals surface area contributed by atoms with Gasteiger partial charge in [0.05, 0.1) is 5.52 Å². The summed E-state index contributed by atoms with van der Waals surface area (Å²) in [6, 6.07) is 16.3. The lowest BCUT2D eigenvalue weighted by molar-refractivity contribution is 0.194. The standard InChI is InChI=1S/C26H29ClN4O/c27-23-6-3-20(4-7-23)21-9-13-31(14-10-21)26(32)29-24-8-5-22-15-19(17-28-25(22)16-24)18-30-11-1-2-12-30/h3-8,15-17,21H,1-2,9-14,18H2,(H,29,32). The van der Waals surface area contributed by atoms with Gasteiger partial charge in [0.1, 0.15) is 0 Å². The number of nitrogens with zero attached hydrogens (tertiary/aromatic N) is 3.